The van der Waals surface area contributed by atoms with Gasteiger partial charge < -0.3 is 10.5 Å². The van der Waals surface area contributed by atoms with Crippen LogP contribution in [-0.4, -0.2) is 12.6 Å². The summed E-state index contributed by atoms with van der Waals surface area (Å²) in [4.78, 5) is 0. The van der Waals surface area contributed by atoms with Crippen molar-refractivity contribution in [2.24, 2.45) is 5.73 Å². The second-order valence-electron chi connectivity index (χ2n) is 3.73. The SMILES string of the molecule is C[C@H](N)CCOCc1ccc(Br)cc1C#N. The summed E-state index contributed by atoms with van der Waals surface area (Å²) in [7, 11) is 0. The molecular formula is C12H15BrN2O. The average Bonchev–Trinajstić information content (AvgIpc) is 2.25. The summed E-state index contributed by atoms with van der Waals surface area (Å²) in [5.41, 5.74) is 7.17. The van der Waals surface area contributed by atoms with Gasteiger partial charge >= 0.3 is 0 Å². The predicted molar refractivity (Wildman–Crippen MR) is 66.8 cm³/mol. The molecule has 0 radical (unpaired) electrons. The summed E-state index contributed by atoms with van der Waals surface area (Å²) in [6, 6.07) is 7.91. The fourth-order valence-corrected chi connectivity index (χ4v) is 1.59. The third-order valence-electron chi connectivity index (χ3n) is 2.17. The van der Waals surface area contributed by atoms with Crippen molar-refractivity contribution in [2.45, 2.75) is 26.0 Å². The number of rotatable bonds is 5. The van der Waals surface area contributed by atoms with Crippen molar-refractivity contribution in [3.8, 4) is 6.07 Å². The Morgan fingerprint density at radius 2 is 2.31 bits per heavy atom. The third kappa shape index (κ3) is 4.31. The Kier molecular flexibility index (Phi) is 5.47. The Labute approximate surface area is 104 Å². The minimum Gasteiger partial charge on any atom is -0.377 e. The van der Waals surface area contributed by atoms with Crippen molar-refractivity contribution >= 4 is 15.9 Å². The lowest BCUT2D eigenvalue weighted by molar-refractivity contribution is 0.115. The topological polar surface area (TPSA) is 59.0 Å². The summed E-state index contributed by atoms with van der Waals surface area (Å²) in [5, 5.41) is 8.94. The van der Waals surface area contributed by atoms with Gasteiger partial charge in [-0.15, -0.1) is 0 Å². The zero-order chi connectivity index (χ0) is 12.0. The zero-order valence-electron chi connectivity index (χ0n) is 9.24. The van der Waals surface area contributed by atoms with Crippen LogP contribution in [0.25, 0.3) is 0 Å². The molecule has 1 aromatic rings. The molecule has 3 nitrogen and oxygen atoms in total. The summed E-state index contributed by atoms with van der Waals surface area (Å²) in [6.07, 6.45) is 0.832. The molecule has 0 spiro atoms. The molecule has 0 bridgehead atoms. The average molecular weight is 283 g/mol. The molecule has 16 heavy (non-hydrogen) atoms. The van der Waals surface area contributed by atoms with Crippen molar-refractivity contribution < 1.29 is 4.74 Å². The Morgan fingerprint density at radius 3 is 2.94 bits per heavy atom. The maximum Gasteiger partial charge on any atom is 0.0995 e. The third-order valence-corrected chi connectivity index (χ3v) is 2.66. The molecule has 0 aliphatic carbocycles. The van der Waals surface area contributed by atoms with Crippen LogP contribution in [0.5, 0.6) is 0 Å². The maximum atomic E-state index is 8.94. The quantitative estimate of drug-likeness (QED) is 0.845. The lowest BCUT2D eigenvalue weighted by atomic mass is 10.1. The highest BCUT2D eigenvalue weighted by Crippen LogP contribution is 2.16. The van der Waals surface area contributed by atoms with Gasteiger partial charge in [-0.3, -0.25) is 0 Å². The van der Waals surface area contributed by atoms with Crippen LogP contribution in [0, 0.1) is 11.3 Å². The molecule has 0 saturated heterocycles. The lowest BCUT2D eigenvalue weighted by Crippen LogP contribution is -2.17. The largest absolute Gasteiger partial charge is 0.377 e. The van der Waals surface area contributed by atoms with Crippen molar-refractivity contribution in [1.29, 1.82) is 5.26 Å². The second-order valence-corrected chi connectivity index (χ2v) is 4.65. The normalized spacial score (nSPS) is 12.1. The number of nitrogens with zero attached hydrogens (tertiary/aromatic N) is 1. The number of halogens is 1. The molecule has 1 rings (SSSR count). The molecule has 0 fully saturated rings. The van der Waals surface area contributed by atoms with Gasteiger partial charge in [-0.05, 0) is 31.0 Å². The van der Waals surface area contributed by atoms with Gasteiger partial charge in [0, 0.05) is 17.1 Å². The summed E-state index contributed by atoms with van der Waals surface area (Å²) < 4.78 is 6.37. The van der Waals surface area contributed by atoms with E-state index in [0.29, 0.717) is 18.8 Å². The number of hydrogen-bond acceptors (Lipinski definition) is 3. The van der Waals surface area contributed by atoms with Crippen LogP contribution in [0.15, 0.2) is 22.7 Å². The zero-order valence-corrected chi connectivity index (χ0v) is 10.8. The van der Waals surface area contributed by atoms with Gasteiger partial charge in [0.05, 0.1) is 18.2 Å². The van der Waals surface area contributed by atoms with Gasteiger partial charge in [0.25, 0.3) is 0 Å². The maximum absolute atomic E-state index is 8.94. The molecule has 0 aliphatic rings. The second kappa shape index (κ2) is 6.64. The molecule has 0 saturated carbocycles. The number of nitriles is 1. The van der Waals surface area contributed by atoms with Crippen LogP contribution >= 0.6 is 15.9 Å². The smallest absolute Gasteiger partial charge is 0.0995 e. The Balaban J connectivity index is 2.51. The van der Waals surface area contributed by atoms with E-state index in [1.165, 1.54) is 0 Å². The van der Waals surface area contributed by atoms with Crippen LogP contribution < -0.4 is 5.73 Å². The van der Waals surface area contributed by atoms with Crippen LogP contribution in [-0.2, 0) is 11.3 Å². The van der Waals surface area contributed by atoms with E-state index in [-0.39, 0.29) is 6.04 Å². The summed E-state index contributed by atoms with van der Waals surface area (Å²) >= 11 is 3.33. The molecule has 4 heteroatoms. The molecule has 1 aromatic carbocycles. The van der Waals surface area contributed by atoms with Crippen molar-refractivity contribution in [2.75, 3.05) is 6.61 Å². The van der Waals surface area contributed by atoms with Crippen molar-refractivity contribution in [3.05, 3.63) is 33.8 Å². The summed E-state index contributed by atoms with van der Waals surface area (Å²) in [5.74, 6) is 0. The van der Waals surface area contributed by atoms with E-state index in [9.17, 15) is 0 Å². The highest BCUT2D eigenvalue weighted by molar-refractivity contribution is 9.10. The van der Waals surface area contributed by atoms with E-state index in [1.807, 2.05) is 19.1 Å². The van der Waals surface area contributed by atoms with Gasteiger partial charge in [-0.25, -0.2) is 0 Å². The molecular weight excluding hydrogens is 268 g/mol. The first-order chi connectivity index (χ1) is 7.63. The molecule has 0 amide bonds. The number of ether oxygens (including phenoxy) is 1. The number of hydrogen-bond donors (Lipinski definition) is 1. The van der Waals surface area contributed by atoms with E-state index >= 15 is 0 Å². The van der Waals surface area contributed by atoms with Crippen LogP contribution in [0.3, 0.4) is 0 Å². The first-order valence-electron chi connectivity index (χ1n) is 5.15. The molecule has 0 unspecified atom stereocenters. The highest BCUT2D eigenvalue weighted by atomic mass is 79.9. The molecule has 0 aliphatic heterocycles. The fraction of sp³-hybridized carbons (Fsp3) is 0.417. The van der Waals surface area contributed by atoms with Gasteiger partial charge in [-0.2, -0.15) is 5.26 Å². The van der Waals surface area contributed by atoms with E-state index < -0.39 is 0 Å². The number of nitrogens with two attached hydrogens (primary N) is 1. The molecule has 1 atom stereocenters. The lowest BCUT2D eigenvalue weighted by Gasteiger charge is -2.08. The Morgan fingerprint density at radius 1 is 1.56 bits per heavy atom. The molecule has 0 aromatic heterocycles. The van der Waals surface area contributed by atoms with Gasteiger partial charge in [0.2, 0.25) is 0 Å². The minimum atomic E-state index is 0.153. The monoisotopic (exact) mass is 282 g/mol. The summed E-state index contributed by atoms with van der Waals surface area (Å²) in [6.45, 7) is 3.03. The predicted octanol–water partition coefficient (Wildman–Crippen LogP) is 2.57. The minimum absolute atomic E-state index is 0.153. The highest BCUT2D eigenvalue weighted by Gasteiger charge is 2.03. The van der Waals surface area contributed by atoms with E-state index in [1.54, 1.807) is 6.07 Å². The van der Waals surface area contributed by atoms with Gasteiger partial charge in [-0.1, -0.05) is 22.0 Å². The van der Waals surface area contributed by atoms with Crippen molar-refractivity contribution in [3.63, 3.8) is 0 Å². The first kappa shape index (κ1) is 13.2. The first-order valence-corrected chi connectivity index (χ1v) is 5.94. The fourth-order valence-electron chi connectivity index (χ4n) is 1.23. The Bertz CT molecular complexity index is 385. The molecule has 2 N–H and O–H groups in total. The number of benzene rings is 1. The van der Waals surface area contributed by atoms with Crippen LogP contribution in [0.2, 0.25) is 0 Å². The van der Waals surface area contributed by atoms with Crippen molar-refractivity contribution in [1.82, 2.24) is 0 Å². The molecule has 0 heterocycles. The molecule has 86 valence electrons. The van der Waals surface area contributed by atoms with E-state index in [4.69, 9.17) is 15.7 Å². The van der Waals surface area contributed by atoms with E-state index in [0.717, 1.165) is 16.5 Å². The van der Waals surface area contributed by atoms with Crippen LogP contribution in [0.1, 0.15) is 24.5 Å². The van der Waals surface area contributed by atoms with E-state index in [2.05, 4.69) is 22.0 Å². The van der Waals surface area contributed by atoms with Crippen LogP contribution in [0.4, 0.5) is 0 Å². The standard InChI is InChI=1S/C12H15BrN2O/c1-9(15)4-5-16-8-10-2-3-12(13)6-11(10)7-14/h2-3,6,9H,4-5,8,15H2,1H3/t9-/m0/s1. The van der Waals surface area contributed by atoms with Gasteiger partial charge in [0.15, 0.2) is 0 Å². The Hall–Kier alpha value is -0.890. The van der Waals surface area contributed by atoms with Gasteiger partial charge in [0.1, 0.15) is 0 Å².